The van der Waals surface area contributed by atoms with Crippen LogP contribution in [0.5, 0.6) is 0 Å². The molecule has 4 heterocycles. The van der Waals surface area contributed by atoms with Gasteiger partial charge in [0, 0.05) is 55.3 Å². The first kappa shape index (κ1) is 14.9. The van der Waals surface area contributed by atoms with E-state index in [9.17, 15) is 4.79 Å². The molecule has 26 heavy (non-hydrogen) atoms. The lowest BCUT2D eigenvalue weighted by Gasteiger charge is -2.28. The van der Waals surface area contributed by atoms with Gasteiger partial charge in [0.2, 0.25) is 0 Å². The molecule has 7 nitrogen and oxygen atoms in total. The molecule has 1 aliphatic rings. The van der Waals surface area contributed by atoms with Crippen LogP contribution in [0.1, 0.15) is 27.3 Å². The largest absolute Gasteiger partial charge is 0.334 e. The molecule has 0 aliphatic carbocycles. The molecule has 0 unspecified atom stereocenters. The average Bonchev–Trinajstić information content (AvgIpc) is 3.07. The number of rotatable bonds is 1. The zero-order valence-electron chi connectivity index (χ0n) is 14.3. The molecular weight excluding hydrogens is 328 g/mol. The number of amides is 1. The van der Waals surface area contributed by atoms with Crippen LogP contribution in [-0.4, -0.2) is 41.9 Å². The highest BCUT2D eigenvalue weighted by Crippen LogP contribution is 2.22. The van der Waals surface area contributed by atoms with Crippen molar-refractivity contribution in [2.45, 2.75) is 19.9 Å². The zero-order valence-corrected chi connectivity index (χ0v) is 14.3. The molecule has 1 aliphatic heterocycles. The van der Waals surface area contributed by atoms with Crippen LogP contribution in [0.3, 0.4) is 0 Å². The van der Waals surface area contributed by atoms with Gasteiger partial charge in [0.05, 0.1) is 22.4 Å². The second kappa shape index (κ2) is 5.59. The molecular formula is C19H16N6O. The first-order valence-corrected chi connectivity index (χ1v) is 8.52. The van der Waals surface area contributed by atoms with E-state index in [1.807, 2.05) is 40.7 Å². The Kier molecular flexibility index (Phi) is 3.21. The summed E-state index contributed by atoms with van der Waals surface area (Å²) in [5, 5.41) is 4.52. The van der Waals surface area contributed by atoms with Crippen LogP contribution in [0.4, 0.5) is 0 Å². The average molecular weight is 344 g/mol. The molecule has 0 saturated heterocycles. The minimum atomic E-state index is -0.0000501. The Labute approximate surface area is 149 Å². The quantitative estimate of drug-likeness (QED) is 0.529. The molecule has 0 atom stereocenters. The van der Waals surface area contributed by atoms with Gasteiger partial charge in [-0.05, 0) is 25.1 Å². The summed E-state index contributed by atoms with van der Waals surface area (Å²) in [6.45, 7) is 3.15. The van der Waals surface area contributed by atoms with Crippen LogP contribution >= 0.6 is 0 Å². The number of nitrogens with zero attached hydrogens (tertiary/aromatic N) is 6. The Balaban J connectivity index is 1.47. The second-order valence-corrected chi connectivity index (χ2v) is 6.52. The van der Waals surface area contributed by atoms with Gasteiger partial charge < -0.3 is 4.90 Å². The Bertz CT molecular complexity index is 1170. The van der Waals surface area contributed by atoms with Crippen LogP contribution in [0.25, 0.3) is 16.7 Å². The third-order valence-corrected chi connectivity index (χ3v) is 4.77. The van der Waals surface area contributed by atoms with Crippen molar-refractivity contribution < 1.29 is 4.79 Å². The Morgan fingerprint density at radius 1 is 1.08 bits per heavy atom. The first-order chi connectivity index (χ1) is 12.7. The monoisotopic (exact) mass is 344 g/mol. The molecule has 3 aromatic heterocycles. The van der Waals surface area contributed by atoms with E-state index in [0.717, 1.165) is 40.1 Å². The van der Waals surface area contributed by atoms with Gasteiger partial charge in [0.1, 0.15) is 0 Å². The number of hydrogen-bond acceptors (Lipinski definition) is 5. The third-order valence-electron chi connectivity index (χ3n) is 4.77. The van der Waals surface area contributed by atoms with Gasteiger partial charge in [0.25, 0.3) is 5.91 Å². The summed E-state index contributed by atoms with van der Waals surface area (Å²) in [5.74, 6) is -0.0000501. The van der Waals surface area contributed by atoms with E-state index in [1.54, 1.807) is 18.5 Å². The van der Waals surface area contributed by atoms with E-state index in [4.69, 9.17) is 0 Å². The fourth-order valence-corrected chi connectivity index (χ4v) is 3.51. The standard InChI is InChI=1S/C19H16N6O/c1-12-8-18-22-10-14-11-24(7-4-17(14)25(18)23-12)19(26)13-2-3-15-16(9-13)21-6-5-20-15/h2-3,5-6,8-10H,4,7,11H2,1H3. The molecule has 4 aromatic rings. The topological polar surface area (TPSA) is 76.3 Å². The van der Waals surface area contributed by atoms with Gasteiger partial charge in [-0.2, -0.15) is 5.10 Å². The fourth-order valence-electron chi connectivity index (χ4n) is 3.51. The van der Waals surface area contributed by atoms with Crippen LogP contribution in [0.15, 0.2) is 42.9 Å². The molecule has 1 aromatic carbocycles. The maximum Gasteiger partial charge on any atom is 0.254 e. The number of aromatic nitrogens is 5. The summed E-state index contributed by atoms with van der Waals surface area (Å²) in [6.07, 6.45) is 5.90. The lowest BCUT2D eigenvalue weighted by molar-refractivity contribution is 0.0732. The predicted octanol–water partition coefficient (Wildman–Crippen LogP) is 2.18. The number of fused-ring (bicyclic) bond motifs is 4. The van der Waals surface area contributed by atoms with E-state index in [-0.39, 0.29) is 5.91 Å². The first-order valence-electron chi connectivity index (χ1n) is 8.52. The van der Waals surface area contributed by atoms with Gasteiger partial charge >= 0.3 is 0 Å². The van der Waals surface area contributed by atoms with Crippen molar-refractivity contribution in [3.05, 3.63) is 65.4 Å². The van der Waals surface area contributed by atoms with E-state index < -0.39 is 0 Å². The van der Waals surface area contributed by atoms with Crippen molar-refractivity contribution in [1.29, 1.82) is 0 Å². The molecule has 128 valence electrons. The highest BCUT2D eigenvalue weighted by molar-refractivity contribution is 5.97. The van der Waals surface area contributed by atoms with Crippen molar-refractivity contribution in [1.82, 2.24) is 29.5 Å². The van der Waals surface area contributed by atoms with Gasteiger partial charge in [-0.3, -0.25) is 14.8 Å². The van der Waals surface area contributed by atoms with Crippen molar-refractivity contribution in [3.63, 3.8) is 0 Å². The maximum absolute atomic E-state index is 13.0. The van der Waals surface area contributed by atoms with Gasteiger partial charge in [-0.25, -0.2) is 9.50 Å². The lowest BCUT2D eigenvalue weighted by atomic mass is 10.1. The van der Waals surface area contributed by atoms with E-state index in [2.05, 4.69) is 20.1 Å². The van der Waals surface area contributed by atoms with E-state index in [0.29, 0.717) is 18.7 Å². The molecule has 0 bridgehead atoms. The molecule has 0 N–H and O–H groups in total. The van der Waals surface area contributed by atoms with Crippen molar-refractivity contribution in [2.75, 3.05) is 6.54 Å². The molecule has 0 spiro atoms. The van der Waals surface area contributed by atoms with Crippen LogP contribution in [0.2, 0.25) is 0 Å². The third kappa shape index (κ3) is 2.32. The molecule has 5 rings (SSSR count). The zero-order chi connectivity index (χ0) is 17.7. The summed E-state index contributed by atoms with van der Waals surface area (Å²) in [5.41, 5.74) is 6.12. The summed E-state index contributed by atoms with van der Waals surface area (Å²) in [6, 6.07) is 7.42. The van der Waals surface area contributed by atoms with Crippen molar-refractivity contribution in [2.24, 2.45) is 0 Å². The summed E-state index contributed by atoms with van der Waals surface area (Å²) in [7, 11) is 0. The van der Waals surface area contributed by atoms with Crippen LogP contribution in [0, 0.1) is 6.92 Å². The number of carbonyl (C=O) groups excluding carboxylic acids is 1. The van der Waals surface area contributed by atoms with Crippen molar-refractivity contribution >= 4 is 22.6 Å². The van der Waals surface area contributed by atoms with Gasteiger partial charge in [-0.1, -0.05) is 0 Å². The van der Waals surface area contributed by atoms with Crippen LogP contribution < -0.4 is 0 Å². The van der Waals surface area contributed by atoms with E-state index >= 15 is 0 Å². The second-order valence-electron chi connectivity index (χ2n) is 6.52. The molecule has 0 radical (unpaired) electrons. The van der Waals surface area contributed by atoms with Gasteiger partial charge in [-0.15, -0.1) is 0 Å². The maximum atomic E-state index is 13.0. The number of carbonyl (C=O) groups is 1. The van der Waals surface area contributed by atoms with E-state index in [1.165, 1.54) is 0 Å². The summed E-state index contributed by atoms with van der Waals surface area (Å²) < 4.78 is 1.90. The SMILES string of the molecule is Cc1cc2ncc3c(n2n1)CCN(C(=O)c1ccc2nccnc2c1)C3. The molecule has 0 fully saturated rings. The lowest BCUT2D eigenvalue weighted by Crippen LogP contribution is -2.37. The van der Waals surface area contributed by atoms with Crippen molar-refractivity contribution in [3.8, 4) is 0 Å². The number of benzene rings is 1. The highest BCUT2D eigenvalue weighted by atomic mass is 16.2. The predicted molar refractivity (Wildman–Crippen MR) is 95.7 cm³/mol. The molecule has 1 amide bonds. The summed E-state index contributed by atoms with van der Waals surface area (Å²) >= 11 is 0. The Morgan fingerprint density at radius 2 is 1.92 bits per heavy atom. The fraction of sp³-hybridized carbons (Fsp3) is 0.211. The molecule has 0 saturated carbocycles. The highest BCUT2D eigenvalue weighted by Gasteiger charge is 2.24. The van der Waals surface area contributed by atoms with Crippen LogP contribution in [-0.2, 0) is 13.0 Å². The normalized spacial score (nSPS) is 14.0. The minimum absolute atomic E-state index is 0.0000501. The number of hydrogen-bond donors (Lipinski definition) is 0. The Hall–Kier alpha value is -3.35. The van der Waals surface area contributed by atoms with Gasteiger partial charge in [0.15, 0.2) is 5.65 Å². The number of aryl methyl sites for hydroxylation is 1. The molecule has 7 heteroatoms. The summed E-state index contributed by atoms with van der Waals surface area (Å²) in [4.78, 5) is 27.8. The minimum Gasteiger partial charge on any atom is -0.334 e. The smallest absolute Gasteiger partial charge is 0.254 e. The Morgan fingerprint density at radius 3 is 2.81 bits per heavy atom.